The molecule has 1 aliphatic carbocycles. The van der Waals surface area contributed by atoms with Gasteiger partial charge in [-0.3, -0.25) is 4.79 Å². The summed E-state index contributed by atoms with van der Waals surface area (Å²) in [5.41, 5.74) is 8.22. The van der Waals surface area contributed by atoms with Crippen LogP contribution in [0.3, 0.4) is 0 Å². The highest BCUT2D eigenvalue weighted by atomic mass is 32.1. The van der Waals surface area contributed by atoms with E-state index in [0.717, 1.165) is 44.3 Å². The number of aryl methyl sites for hydroxylation is 1. The van der Waals surface area contributed by atoms with E-state index in [-0.39, 0.29) is 11.3 Å². The van der Waals surface area contributed by atoms with Crippen molar-refractivity contribution in [1.29, 1.82) is 0 Å². The normalized spacial score (nSPS) is 20.2. The smallest absolute Gasteiger partial charge is 0.227 e. The molecule has 106 valence electrons. The van der Waals surface area contributed by atoms with E-state index in [0.29, 0.717) is 11.4 Å². The first-order valence-electron chi connectivity index (χ1n) is 7.26. The van der Waals surface area contributed by atoms with Crippen molar-refractivity contribution in [2.24, 2.45) is 11.1 Å². The predicted octanol–water partition coefficient (Wildman–Crippen LogP) is 2.81. The molecule has 0 bridgehead atoms. The van der Waals surface area contributed by atoms with Crippen molar-refractivity contribution in [3.63, 3.8) is 0 Å². The molecular weight excluding hydrogens is 268 g/mol. The van der Waals surface area contributed by atoms with E-state index in [9.17, 15) is 4.79 Å². The number of nitrogens with two attached hydrogens (primary N) is 1. The molecule has 1 fully saturated rings. The number of fused-ring (bicyclic) bond motifs is 1. The average molecular weight is 288 g/mol. The van der Waals surface area contributed by atoms with Crippen LogP contribution in [0.25, 0.3) is 0 Å². The fourth-order valence-electron chi connectivity index (χ4n) is 3.13. The molecule has 1 aromatic carbocycles. The van der Waals surface area contributed by atoms with Crippen LogP contribution in [0.1, 0.15) is 37.7 Å². The van der Waals surface area contributed by atoms with Gasteiger partial charge in [0.25, 0.3) is 0 Å². The molecule has 0 spiro atoms. The first kappa shape index (κ1) is 13.6. The molecule has 2 N–H and O–H groups in total. The van der Waals surface area contributed by atoms with E-state index in [2.05, 4.69) is 18.2 Å². The minimum absolute atomic E-state index is 0.138. The van der Waals surface area contributed by atoms with Crippen LogP contribution < -0.4 is 10.6 Å². The Kier molecular flexibility index (Phi) is 3.50. The Bertz CT molecular complexity index is 551. The van der Waals surface area contributed by atoms with Gasteiger partial charge in [0.05, 0.1) is 4.99 Å². The monoisotopic (exact) mass is 288 g/mol. The van der Waals surface area contributed by atoms with E-state index in [4.69, 9.17) is 18.0 Å². The Morgan fingerprint density at radius 1 is 1.30 bits per heavy atom. The molecule has 1 heterocycles. The van der Waals surface area contributed by atoms with Crippen LogP contribution in [-0.4, -0.2) is 17.4 Å². The molecule has 1 saturated carbocycles. The van der Waals surface area contributed by atoms with Gasteiger partial charge >= 0.3 is 0 Å². The molecule has 2 aliphatic rings. The Labute approximate surface area is 125 Å². The van der Waals surface area contributed by atoms with Crippen LogP contribution in [0.4, 0.5) is 5.69 Å². The third-order valence-electron chi connectivity index (χ3n) is 4.42. The lowest BCUT2D eigenvalue weighted by Crippen LogP contribution is -2.37. The maximum atomic E-state index is 12.4. The van der Waals surface area contributed by atoms with Crippen molar-refractivity contribution >= 4 is 28.8 Å². The fraction of sp³-hybridized carbons (Fsp3) is 0.500. The van der Waals surface area contributed by atoms with Crippen molar-refractivity contribution in [1.82, 2.24) is 0 Å². The maximum absolute atomic E-state index is 12.4. The van der Waals surface area contributed by atoms with Crippen molar-refractivity contribution in [3.05, 3.63) is 29.8 Å². The van der Waals surface area contributed by atoms with Gasteiger partial charge in [-0.05, 0) is 42.7 Å². The summed E-state index contributed by atoms with van der Waals surface area (Å²) >= 11 is 5.06. The van der Waals surface area contributed by atoms with Gasteiger partial charge in [0, 0.05) is 25.1 Å². The Morgan fingerprint density at radius 2 is 2.05 bits per heavy atom. The highest BCUT2D eigenvalue weighted by Gasteiger charge is 2.45. The van der Waals surface area contributed by atoms with E-state index in [1.54, 1.807) is 0 Å². The lowest BCUT2D eigenvalue weighted by Gasteiger charge is -2.28. The topological polar surface area (TPSA) is 46.3 Å². The summed E-state index contributed by atoms with van der Waals surface area (Å²) in [7, 11) is 0. The molecule has 0 unspecified atom stereocenters. The lowest BCUT2D eigenvalue weighted by atomic mass is 10.0. The molecule has 3 nitrogen and oxygen atoms in total. The van der Waals surface area contributed by atoms with Gasteiger partial charge in [-0.15, -0.1) is 0 Å². The number of hydrogen-bond donors (Lipinski definition) is 1. The minimum atomic E-state index is 0.138. The molecule has 0 aromatic heterocycles. The average Bonchev–Trinajstić information content (AvgIpc) is 3.17. The van der Waals surface area contributed by atoms with Crippen molar-refractivity contribution < 1.29 is 4.79 Å². The second-order valence-electron chi connectivity index (χ2n) is 6.11. The molecule has 3 rings (SSSR count). The molecular formula is C16H20N2OS. The van der Waals surface area contributed by atoms with Crippen LogP contribution in [-0.2, 0) is 11.2 Å². The highest BCUT2D eigenvalue weighted by molar-refractivity contribution is 7.80. The summed E-state index contributed by atoms with van der Waals surface area (Å²) < 4.78 is 0. The van der Waals surface area contributed by atoms with Gasteiger partial charge in [0.15, 0.2) is 0 Å². The Morgan fingerprint density at radius 3 is 2.75 bits per heavy atom. The largest absolute Gasteiger partial charge is 0.393 e. The van der Waals surface area contributed by atoms with E-state index >= 15 is 0 Å². The SMILES string of the molecule is NC(=S)CC1(CN2C(=O)CCCc3ccccc32)CC1. The van der Waals surface area contributed by atoms with Gasteiger partial charge in [0.2, 0.25) is 5.91 Å². The second kappa shape index (κ2) is 5.17. The standard InChI is InChI=1S/C16H20N2OS/c17-14(20)10-16(8-9-16)11-18-13-6-2-1-4-12(13)5-3-7-15(18)19/h1-2,4,6H,3,5,7-11H2,(H2,17,20). The summed E-state index contributed by atoms with van der Waals surface area (Å²) in [6.07, 6.45) is 5.56. The fourth-order valence-corrected chi connectivity index (χ4v) is 3.44. The summed E-state index contributed by atoms with van der Waals surface area (Å²) in [6.45, 7) is 0.764. The van der Waals surface area contributed by atoms with Crippen LogP contribution in [0, 0.1) is 5.41 Å². The second-order valence-corrected chi connectivity index (χ2v) is 6.63. The zero-order valence-electron chi connectivity index (χ0n) is 11.6. The van der Waals surface area contributed by atoms with Gasteiger partial charge < -0.3 is 10.6 Å². The first-order chi connectivity index (χ1) is 9.60. The number of rotatable bonds is 4. The zero-order valence-corrected chi connectivity index (χ0v) is 12.4. The number of benzene rings is 1. The molecule has 1 amide bonds. The molecule has 0 atom stereocenters. The summed E-state index contributed by atoms with van der Waals surface area (Å²) in [4.78, 5) is 15.0. The van der Waals surface area contributed by atoms with Crippen LogP contribution >= 0.6 is 12.2 Å². The van der Waals surface area contributed by atoms with Crippen LogP contribution in [0.15, 0.2) is 24.3 Å². The first-order valence-corrected chi connectivity index (χ1v) is 7.67. The third kappa shape index (κ3) is 2.70. The predicted molar refractivity (Wildman–Crippen MR) is 84.8 cm³/mol. The number of para-hydroxylation sites is 1. The number of thiocarbonyl (C=S) groups is 1. The molecule has 1 aliphatic heterocycles. The molecule has 0 saturated heterocycles. The number of carbonyl (C=O) groups excluding carboxylic acids is 1. The van der Waals surface area contributed by atoms with Gasteiger partial charge in [-0.25, -0.2) is 0 Å². The summed E-state index contributed by atoms with van der Waals surface area (Å²) in [5, 5.41) is 0. The Hall–Kier alpha value is -1.42. The number of nitrogens with zero attached hydrogens (tertiary/aromatic N) is 1. The van der Waals surface area contributed by atoms with E-state index in [1.165, 1.54) is 5.56 Å². The van der Waals surface area contributed by atoms with Crippen molar-refractivity contribution in [2.75, 3.05) is 11.4 Å². The van der Waals surface area contributed by atoms with Crippen LogP contribution in [0.2, 0.25) is 0 Å². The lowest BCUT2D eigenvalue weighted by molar-refractivity contribution is -0.118. The quantitative estimate of drug-likeness (QED) is 0.867. The Balaban J connectivity index is 1.87. The van der Waals surface area contributed by atoms with E-state index < -0.39 is 0 Å². The molecule has 4 heteroatoms. The van der Waals surface area contributed by atoms with Crippen molar-refractivity contribution in [2.45, 2.75) is 38.5 Å². The van der Waals surface area contributed by atoms with E-state index in [1.807, 2.05) is 11.0 Å². The van der Waals surface area contributed by atoms with Gasteiger partial charge in [0.1, 0.15) is 0 Å². The third-order valence-corrected chi connectivity index (χ3v) is 4.56. The summed E-state index contributed by atoms with van der Waals surface area (Å²) in [5.74, 6) is 0.240. The maximum Gasteiger partial charge on any atom is 0.227 e. The number of anilines is 1. The van der Waals surface area contributed by atoms with Crippen LogP contribution in [0.5, 0.6) is 0 Å². The summed E-state index contributed by atoms with van der Waals surface area (Å²) in [6, 6.07) is 8.26. The highest BCUT2D eigenvalue weighted by Crippen LogP contribution is 2.50. The van der Waals surface area contributed by atoms with Crippen molar-refractivity contribution in [3.8, 4) is 0 Å². The zero-order chi connectivity index (χ0) is 14.2. The van der Waals surface area contributed by atoms with Gasteiger partial charge in [-0.1, -0.05) is 30.4 Å². The molecule has 1 aromatic rings. The molecule has 0 radical (unpaired) electrons. The molecule has 20 heavy (non-hydrogen) atoms. The number of hydrogen-bond acceptors (Lipinski definition) is 2. The van der Waals surface area contributed by atoms with Gasteiger partial charge in [-0.2, -0.15) is 0 Å². The minimum Gasteiger partial charge on any atom is -0.393 e. The number of carbonyl (C=O) groups is 1. The number of amides is 1.